The molecule has 2 N–H and O–H groups in total. The first-order valence-corrected chi connectivity index (χ1v) is 5.36. The van der Waals surface area contributed by atoms with Crippen LogP contribution in [0, 0.1) is 0 Å². The zero-order valence-corrected chi connectivity index (χ0v) is 9.77. The number of aromatic nitrogens is 1. The molecule has 7 heteroatoms. The zero-order valence-electron chi connectivity index (χ0n) is 9.77. The second kappa shape index (κ2) is 4.82. The van der Waals surface area contributed by atoms with Crippen molar-refractivity contribution >= 4 is 23.5 Å². The number of hydrogen-bond donors (Lipinski definition) is 2. The fourth-order valence-electron chi connectivity index (χ4n) is 1.63. The standard InChI is InChI=1S/C11H12N4O3/c1-12-8-3-2-7(4-13-8)11(18)15-5-9(16)14-10(17)6-15/h2-4H,5-6H2,1H3,(H,12,13)(H,14,16,17). The Morgan fingerprint density at radius 2 is 2.00 bits per heavy atom. The Morgan fingerprint density at radius 1 is 1.33 bits per heavy atom. The van der Waals surface area contributed by atoms with Gasteiger partial charge in [-0.2, -0.15) is 0 Å². The van der Waals surface area contributed by atoms with Gasteiger partial charge in [-0.25, -0.2) is 4.98 Å². The van der Waals surface area contributed by atoms with E-state index in [2.05, 4.69) is 15.6 Å². The van der Waals surface area contributed by atoms with Crippen LogP contribution in [0.4, 0.5) is 5.82 Å². The number of piperazine rings is 1. The average molecular weight is 248 g/mol. The summed E-state index contributed by atoms with van der Waals surface area (Å²) in [7, 11) is 1.72. The van der Waals surface area contributed by atoms with E-state index < -0.39 is 11.8 Å². The molecule has 2 heterocycles. The monoisotopic (exact) mass is 248 g/mol. The molecule has 0 atom stereocenters. The molecule has 1 fully saturated rings. The lowest BCUT2D eigenvalue weighted by Crippen LogP contribution is -2.53. The van der Waals surface area contributed by atoms with Gasteiger partial charge in [-0.05, 0) is 12.1 Å². The minimum absolute atomic E-state index is 0.113. The van der Waals surface area contributed by atoms with Gasteiger partial charge in [0.15, 0.2) is 0 Å². The van der Waals surface area contributed by atoms with E-state index in [0.29, 0.717) is 11.4 Å². The van der Waals surface area contributed by atoms with Gasteiger partial charge in [0.2, 0.25) is 11.8 Å². The first-order chi connectivity index (χ1) is 8.60. The molecule has 3 amide bonds. The lowest BCUT2D eigenvalue weighted by atomic mass is 10.2. The Morgan fingerprint density at radius 3 is 2.50 bits per heavy atom. The summed E-state index contributed by atoms with van der Waals surface area (Å²) in [5, 5.41) is 4.97. The smallest absolute Gasteiger partial charge is 0.256 e. The number of anilines is 1. The van der Waals surface area contributed by atoms with Crippen LogP contribution in [-0.2, 0) is 9.59 Å². The summed E-state index contributed by atoms with van der Waals surface area (Å²) in [6.45, 7) is -0.225. The van der Waals surface area contributed by atoms with Gasteiger partial charge in [0, 0.05) is 13.2 Å². The van der Waals surface area contributed by atoms with E-state index in [1.807, 2.05) is 0 Å². The molecule has 0 aromatic carbocycles. The second-order valence-corrected chi connectivity index (χ2v) is 3.81. The van der Waals surface area contributed by atoms with Crippen molar-refractivity contribution in [2.24, 2.45) is 0 Å². The molecule has 1 aliphatic rings. The van der Waals surface area contributed by atoms with E-state index in [1.54, 1.807) is 19.2 Å². The number of rotatable bonds is 2. The summed E-state index contributed by atoms with van der Waals surface area (Å²) in [4.78, 5) is 39.6. The van der Waals surface area contributed by atoms with Gasteiger partial charge < -0.3 is 10.2 Å². The second-order valence-electron chi connectivity index (χ2n) is 3.81. The molecule has 0 aliphatic carbocycles. The number of amides is 3. The molecule has 0 bridgehead atoms. The topological polar surface area (TPSA) is 91.4 Å². The Bertz CT molecular complexity index is 482. The molecule has 18 heavy (non-hydrogen) atoms. The zero-order chi connectivity index (χ0) is 13.1. The molecular weight excluding hydrogens is 236 g/mol. The van der Waals surface area contributed by atoms with E-state index in [1.165, 1.54) is 11.1 Å². The van der Waals surface area contributed by atoms with Gasteiger partial charge in [0.25, 0.3) is 5.91 Å². The molecule has 1 aromatic rings. The maximum atomic E-state index is 12.0. The quantitative estimate of drug-likeness (QED) is 0.670. The molecule has 1 saturated heterocycles. The summed E-state index contributed by atoms with van der Waals surface area (Å²) in [6.07, 6.45) is 1.41. The van der Waals surface area contributed by atoms with Crippen molar-refractivity contribution in [3.63, 3.8) is 0 Å². The molecule has 94 valence electrons. The SMILES string of the molecule is CNc1ccc(C(=O)N2CC(=O)NC(=O)C2)cn1. The van der Waals surface area contributed by atoms with Gasteiger partial charge in [-0.1, -0.05) is 0 Å². The summed E-state index contributed by atoms with van der Waals surface area (Å²) in [5.41, 5.74) is 0.344. The van der Waals surface area contributed by atoms with Crippen molar-refractivity contribution in [3.8, 4) is 0 Å². The summed E-state index contributed by atoms with van der Waals surface area (Å²) < 4.78 is 0. The van der Waals surface area contributed by atoms with Gasteiger partial charge in [0.05, 0.1) is 5.56 Å². The molecule has 0 unspecified atom stereocenters. The Hall–Kier alpha value is -2.44. The van der Waals surface area contributed by atoms with Crippen LogP contribution in [0.15, 0.2) is 18.3 Å². The highest BCUT2D eigenvalue weighted by molar-refractivity contribution is 6.05. The minimum Gasteiger partial charge on any atom is -0.373 e. The van der Waals surface area contributed by atoms with E-state index in [9.17, 15) is 14.4 Å². The molecule has 7 nitrogen and oxygen atoms in total. The van der Waals surface area contributed by atoms with Crippen molar-refractivity contribution in [1.29, 1.82) is 0 Å². The lowest BCUT2D eigenvalue weighted by Gasteiger charge is -2.25. The average Bonchev–Trinajstić information content (AvgIpc) is 2.37. The Balaban J connectivity index is 2.14. The molecular formula is C11H12N4O3. The largest absolute Gasteiger partial charge is 0.373 e. The normalized spacial score (nSPS) is 15.3. The third-order valence-corrected chi connectivity index (χ3v) is 2.50. The van der Waals surface area contributed by atoms with E-state index in [-0.39, 0.29) is 19.0 Å². The first-order valence-electron chi connectivity index (χ1n) is 5.36. The molecule has 0 radical (unpaired) electrons. The molecule has 1 aromatic heterocycles. The van der Waals surface area contributed by atoms with Crippen LogP contribution in [-0.4, -0.2) is 47.7 Å². The van der Waals surface area contributed by atoms with Crippen molar-refractivity contribution in [1.82, 2.24) is 15.2 Å². The number of carbonyl (C=O) groups is 3. The number of nitrogens with zero attached hydrogens (tertiary/aromatic N) is 2. The molecule has 0 saturated carbocycles. The fourth-order valence-corrected chi connectivity index (χ4v) is 1.63. The molecule has 0 spiro atoms. The van der Waals surface area contributed by atoms with Crippen LogP contribution in [0.25, 0.3) is 0 Å². The van der Waals surface area contributed by atoms with Gasteiger partial charge in [-0.15, -0.1) is 0 Å². The number of hydrogen-bond acceptors (Lipinski definition) is 5. The maximum Gasteiger partial charge on any atom is 0.256 e. The van der Waals surface area contributed by atoms with Crippen molar-refractivity contribution < 1.29 is 14.4 Å². The summed E-state index contributed by atoms with van der Waals surface area (Å²) >= 11 is 0. The van der Waals surface area contributed by atoms with Crippen molar-refractivity contribution in [2.45, 2.75) is 0 Å². The third kappa shape index (κ3) is 2.45. The van der Waals surface area contributed by atoms with E-state index in [4.69, 9.17) is 0 Å². The number of nitrogens with one attached hydrogen (secondary N) is 2. The highest BCUT2D eigenvalue weighted by atomic mass is 16.2. The number of carbonyl (C=O) groups excluding carboxylic acids is 3. The van der Waals surface area contributed by atoms with E-state index >= 15 is 0 Å². The highest BCUT2D eigenvalue weighted by Crippen LogP contribution is 2.08. The maximum absolute atomic E-state index is 12.0. The van der Waals surface area contributed by atoms with Gasteiger partial charge in [0.1, 0.15) is 18.9 Å². The van der Waals surface area contributed by atoms with Crippen LogP contribution in [0.5, 0.6) is 0 Å². The number of pyridine rings is 1. The summed E-state index contributed by atoms with van der Waals surface area (Å²) in [6, 6.07) is 3.25. The fraction of sp³-hybridized carbons (Fsp3) is 0.273. The number of imide groups is 1. The first kappa shape index (κ1) is 12.0. The summed E-state index contributed by atoms with van der Waals surface area (Å²) in [5.74, 6) is -0.689. The lowest BCUT2D eigenvalue weighted by molar-refractivity contribution is -0.135. The molecule has 1 aliphatic heterocycles. The van der Waals surface area contributed by atoms with E-state index in [0.717, 1.165) is 0 Å². The van der Waals surface area contributed by atoms with Gasteiger partial charge >= 0.3 is 0 Å². The van der Waals surface area contributed by atoms with Crippen LogP contribution in [0.3, 0.4) is 0 Å². The van der Waals surface area contributed by atoms with Crippen LogP contribution >= 0.6 is 0 Å². The highest BCUT2D eigenvalue weighted by Gasteiger charge is 2.27. The van der Waals surface area contributed by atoms with Crippen molar-refractivity contribution in [3.05, 3.63) is 23.9 Å². The molecule has 2 rings (SSSR count). The van der Waals surface area contributed by atoms with Crippen LogP contribution < -0.4 is 10.6 Å². The van der Waals surface area contributed by atoms with Crippen LogP contribution in [0.2, 0.25) is 0 Å². The predicted molar refractivity (Wildman–Crippen MR) is 62.8 cm³/mol. The minimum atomic E-state index is -0.473. The van der Waals surface area contributed by atoms with Gasteiger partial charge in [-0.3, -0.25) is 19.7 Å². The van der Waals surface area contributed by atoms with Crippen molar-refractivity contribution in [2.75, 3.05) is 25.5 Å². The Kier molecular flexibility index (Phi) is 3.22. The third-order valence-electron chi connectivity index (χ3n) is 2.50. The Labute approximate surface area is 103 Å². The van der Waals surface area contributed by atoms with Crippen LogP contribution in [0.1, 0.15) is 10.4 Å². The predicted octanol–water partition coefficient (Wildman–Crippen LogP) is -0.778.